The van der Waals surface area contributed by atoms with Crippen LogP contribution in [0.25, 0.3) is 82.5 Å². The van der Waals surface area contributed by atoms with Crippen molar-refractivity contribution < 1.29 is 0 Å². The quantitative estimate of drug-likeness (QED) is 0.142. The molecule has 0 unspecified atom stereocenters. The zero-order valence-corrected chi connectivity index (χ0v) is 37.7. The van der Waals surface area contributed by atoms with Gasteiger partial charge in [0.25, 0.3) is 0 Å². The van der Waals surface area contributed by atoms with Crippen LogP contribution in [0.4, 0.5) is 0 Å². The summed E-state index contributed by atoms with van der Waals surface area (Å²) in [5.41, 5.74) is 10.6. The Kier molecular flexibility index (Phi) is 9.32. The Labute approximate surface area is 401 Å². The van der Waals surface area contributed by atoms with E-state index in [9.17, 15) is 0 Å². The molecule has 0 amide bonds. The number of hydrogen-bond donors (Lipinski definition) is 0. The molecule has 0 saturated carbocycles. The zero-order valence-electron chi connectivity index (χ0n) is 36.9. The molecule has 310 valence electrons. The molecule has 0 aliphatic rings. The summed E-state index contributed by atoms with van der Waals surface area (Å²) in [6.07, 6.45) is 0. The van der Waals surface area contributed by atoms with Crippen molar-refractivity contribution in [3.63, 3.8) is 0 Å². The predicted octanol–water partition coefficient (Wildman–Crippen LogP) is 11.5. The van der Waals surface area contributed by atoms with Crippen LogP contribution in [0.2, 0.25) is 0 Å². The maximum absolute atomic E-state index is 6.93. The number of hydrogen-bond acceptors (Lipinski definition) is 0. The monoisotopic (exact) mass is 875 g/mol. The third kappa shape index (κ3) is 5.80. The van der Waals surface area contributed by atoms with Gasteiger partial charge in [-0.1, -0.05) is 126 Å². The second kappa shape index (κ2) is 15.7. The lowest BCUT2D eigenvalue weighted by Crippen LogP contribution is -2.48. The largest absolute Gasteiger partial charge is 0.310 e. The Hall–Kier alpha value is -7.79. The number of fused-ring (bicyclic) bond motifs is 9. The number of aromatic nitrogens is 3. The Balaban J connectivity index is 1.12. The van der Waals surface area contributed by atoms with E-state index in [4.69, 9.17) is 31.4 Å². The van der Waals surface area contributed by atoms with Gasteiger partial charge in [0.15, 0.2) is 0 Å². The van der Waals surface area contributed by atoms with Crippen molar-refractivity contribution in [3.8, 4) is 17.1 Å². The second-order valence-corrected chi connectivity index (χ2v) is 20.5. The molecule has 13 aromatic rings. The summed E-state index contributed by atoms with van der Waals surface area (Å²) in [6, 6.07) is 81.4. The van der Waals surface area contributed by atoms with Crippen LogP contribution in [0.5, 0.6) is 0 Å². The fraction of sp³-hybridized carbons (Fsp3) is 0. The van der Waals surface area contributed by atoms with Gasteiger partial charge in [-0.2, -0.15) is 0 Å². The summed E-state index contributed by atoms with van der Waals surface area (Å²) in [6.45, 7) is 0. The SMILES string of the molecule is [B]c1c([B])c([B])c2c(c1[B])c1ccccc1n2-c1ccc2c(c1)c1cc(-n3c4ccccc4c4ccccc43)ccc1n2-c1cccc(S(c2ccccc2)(c2ccccc2)c2ccccc2)c1. The average molecular weight is 875 g/mol. The molecule has 0 bridgehead atoms. The van der Waals surface area contributed by atoms with Crippen molar-refractivity contribution >= 4 is 129 Å². The highest BCUT2D eigenvalue weighted by molar-refractivity contribution is 8.34. The zero-order chi connectivity index (χ0) is 45.7. The van der Waals surface area contributed by atoms with Gasteiger partial charge in [-0.25, -0.2) is 0 Å². The van der Waals surface area contributed by atoms with Crippen molar-refractivity contribution in [1.82, 2.24) is 13.7 Å². The molecule has 68 heavy (non-hydrogen) atoms. The van der Waals surface area contributed by atoms with Gasteiger partial charge in [0.2, 0.25) is 0 Å². The molecule has 8 heteroatoms. The summed E-state index contributed by atoms with van der Waals surface area (Å²) in [4.78, 5) is 5.05. The molecular weight excluding hydrogens is 838 g/mol. The standard InChI is InChI=1S/C60H37B4N3S/c61-56-55-47-27-12-15-30-52(47)67(60(55)59(64)58(63)57(56)62)40-32-34-54-49(37-40)48-36-39(66-50-28-13-10-25-45(50)46-26-11-14-29-51(46)66)31-33-53(48)65(54)38-17-16-24-44(35-38)68(41-18-4-1-5-19-41,42-20-6-2-7-21-42)43-22-8-3-9-23-43/h1-37H. The van der Waals surface area contributed by atoms with Gasteiger partial charge in [0.1, 0.15) is 31.4 Å². The van der Waals surface area contributed by atoms with Gasteiger partial charge >= 0.3 is 0 Å². The Morgan fingerprint density at radius 1 is 0.265 bits per heavy atom. The predicted molar refractivity (Wildman–Crippen MR) is 291 cm³/mol. The van der Waals surface area contributed by atoms with Crippen LogP contribution in [0.3, 0.4) is 0 Å². The van der Waals surface area contributed by atoms with E-state index in [0.29, 0.717) is 16.4 Å². The van der Waals surface area contributed by atoms with E-state index in [2.05, 4.69) is 226 Å². The fourth-order valence-corrected chi connectivity index (χ4v) is 14.8. The lowest BCUT2D eigenvalue weighted by atomic mass is 9.65. The number of rotatable bonds is 7. The molecule has 3 nitrogen and oxygen atoms in total. The van der Waals surface area contributed by atoms with E-state index in [1.165, 1.54) is 30.4 Å². The van der Waals surface area contributed by atoms with Gasteiger partial charge in [-0.05, 0) is 115 Å². The topological polar surface area (TPSA) is 14.8 Å². The summed E-state index contributed by atoms with van der Waals surface area (Å²) in [5.74, 6) is 0. The first-order valence-corrected chi connectivity index (χ1v) is 24.4. The minimum atomic E-state index is -1.96. The maximum atomic E-state index is 6.93. The summed E-state index contributed by atoms with van der Waals surface area (Å²) >= 11 is 0. The van der Waals surface area contributed by atoms with Crippen molar-refractivity contribution in [3.05, 3.63) is 224 Å². The van der Waals surface area contributed by atoms with Crippen molar-refractivity contribution in [2.24, 2.45) is 0 Å². The first-order chi connectivity index (χ1) is 33.4. The van der Waals surface area contributed by atoms with Crippen LogP contribution >= 0.6 is 10.0 Å². The van der Waals surface area contributed by atoms with Gasteiger partial charge in [-0.15, -0.1) is 21.0 Å². The lowest BCUT2D eigenvalue weighted by molar-refractivity contribution is 1.14. The van der Waals surface area contributed by atoms with Gasteiger partial charge < -0.3 is 13.7 Å². The van der Waals surface area contributed by atoms with E-state index < -0.39 is 10.0 Å². The molecular formula is C60H37B4N3S. The van der Waals surface area contributed by atoms with Crippen LogP contribution in [0.1, 0.15) is 0 Å². The van der Waals surface area contributed by atoms with E-state index in [1.807, 2.05) is 12.1 Å². The van der Waals surface area contributed by atoms with Crippen LogP contribution in [-0.4, -0.2) is 45.1 Å². The van der Waals surface area contributed by atoms with Crippen LogP contribution in [0, 0.1) is 0 Å². The molecule has 0 aliphatic carbocycles. The molecule has 0 atom stereocenters. The molecule has 13 rings (SSSR count). The van der Waals surface area contributed by atoms with Gasteiger partial charge in [0, 0.05) is 69.1 Å². The molecule has 0 N–H and O–H groups in total. The van der Waals surface area contributed by atoms with Crippen LogP contribution in [-0.2, 0) is 0 Å². The number of benzene rings is 10. The third-order valence-corrected chi connectivity index (χ3v) is 17.7. The van der Waals surface area contributed by atoms with E-state index >= 15 is 0 Å². The average Bonchev–Trinajstić information content (AvgIpc) is 4.04. The molecule has 0 fully saturated rings. The Bertz CT molecular complexity index is 3990. The van der Waals surface area contributed by atoms with Crippen LogP contribution < -0.4 is 21.9 Å². The minimum Gasteiger partial charge on any atom is -0.310 e. The van der Waals surface area contributed by atoms with Crippen molar-refractivity contribution in [2.75, 3.05) is 0 Å². The van der Waals surface area contributed by atoms with E-state index in [-0.39, 0.29) is 5.46 Å². The molecule has 0 aliphatic heterocycles. The normalized spacial score (nSPS) is 12.3. The first kappa shape index (κ1) is 40.5. The van der Waals surface area contributed by atoms with E-state index in [1.54, 1.807) is 0 Å². The summed E-state index contributed by atoms with van der Waals surface area (Å²) < 4.78 is 7.00. The highest BCUT2D eigenvalue weighted by Gasteiger charge is 2.34. The minimum absolute atomic E-state index is 0.284. The van der Waals surface area contributed by atoms with E-state index in [0.717, 1.165) is 71.7 Å². The van der Waals surface area contributed by atoms with Crippen molar-refractivity contribution in [2.45, 2.75) is 19.6 Å². The Morgan fingerprint density at radius 2 is 0.647 bits per heavy atom. The molecule has 10 aromatic carbocycles. The fourth-order valence-electron chi connectivity index (χ4n) is 10.8. The highest BCUT2D eigenvalue weighted by atomic mass is 32.3. The second-order valence-electron chi connectivity index (χ2n) is 17.4. The Morgan fingerprint density at radius 3 is 1.16 bits per heavy atom. The highest BCUT2D eigenvalue weighted by Crippen LogP contribution is 2.73. The first-order valence-electron chi connectivity index (χ1n) is 22.7. The van der Waals surface area contributed by atoms with Crippen LogP contribution in [0.15, 0.2) is 244 Å². The molecule has 3 heterocycles. The lowest BCUT2D eigenvalue weighted by Gasteiger charge is -2.42. The third-order valence-electron chi connectivity index (χ3n) is 13.8. The summed E-state index contributed by atoms with van der Waals surface area (Å²) in [7, 11) is 24.9. The van der Waals surface area contributed by atoms with Crippen molar-refractivity contribution in [1.29, 1.82) is 0 Å². The van der Waals surface area contributed by atoms with Gasteiger partial charge in [0.05, 0.1) is 27.6 Å². The molecule has 3 aromatic heterocycles. The van der Waals surface area contributed by atoms with Gasteiger partial charge in [-0.3, -0.25) is 0 Å². The molecule has 0 spiro atoms. The summed E-state index contributed by atoms with van der Waals surface area (Å²) in [5, 5.41) is 6.37. The number of nitrogens with zero attached hydrogens (tertiary/aromatic N) is 3. The molecule has 8 radical (unpaired) electrons. The maximum Gasteiger partial charge on any atom is 0.115 e. The number of para-hydroxylation sites is 3. The molecule has 0 saturated heterocycles. The smallest absolute Gasteiger partial charge is 0.115 e.